The Kier molecular flexibility index (Phi) is 6.34. The lowest BCUT2D eigenvalue weighted by atomic mass is 10.1. The van der Waals surface area contributed by atoms with Crippen molar-refractivity contribution in [2.24, 2.45) is 10.1 Å². The van der Waals surface area contributed by atoms with Crippen molar-refractivity contribution >= 4 is 45.9 Å². The van der Waals surface area contributed by atoms with Gasteiger partial charge in [-0.3, -0.25) is 10.2 Å². The smallest absolute Gasteiger partial charge is 0.343 e. The Bertz CT molecular complexity index is 1280. The quantitative estimate of drug-likeness (QED) is 0.394. The van der Waals surface area contributed by atoms with E-state index in [1.165, 1.54) is 23.9 Å². The van der Waals surface area contributed by atoms with Crippen LogP contribution in [0.2, 0.25) is 0 Å². The molecule has 2 aromatic rings. The van der Waals surface area contributed by atoms with Crippen molar-refractivity contribution in [3.63, 3.8) is 0 Å². The van der Waals surface area contributed by atoms with E-state index in [0.29, 0.717) is 53.5 Å². The number of nitrogens with zero attached hydrogens (tertiary/aromatic N) is 4. The molecule has 3 heterocycles. The summed E-state index contributed by atoms with van der Waals surface area (Å²) in [5.41, 5.74) is 1.09. The van der Waals surface area contributed by atoms with E-state index in [1.54, 1.807) is 48.5 Å². The Labute approximate surface area is 205 Å². The summed E-state index contributed by atoms with van der Waals surface area (Å²) in [6.45, 7) is 2.59. The van der Waals surface area contributed by atoms with Gasteiger partial charge < -0.3 is 19.1 Å². The van der Waals surface area contributed by atoms with Gasteiger partial charge in [0.15, 0.2) is 22.5 Å². The van der Waals surface area contributed by atoms with Gasteiger partial charge in [-0.1, -0.05) is 24.3 Å². The molecular weight excluding hydrogens is 470 g/mol. The maximum Gasteiger partial charge on any atom is 0.343 e. The third kappa shape index (κ3) is 4.68. The van der Waals surface area contributed by atoms with Crippen LogP contribution in [-0.2, 0) is 9.53 Å². The summed E-state index contributed by atoms with van der Waals surface area (Å²) in [4.78, 5) is 31.3. The number of carbonyl (C=O) groups excluding carboxylic acids is 2. The average molecular weight is 492 g/mol. The van der Waals surface area contributed by atoms with Crippen LogP contribution in [0.1, 0.15) is 15.9 Å². The highest BCUT2D eigenvalue weighted by Crippen LogP contribution is 2.32. The Balaban J connectivity index is 1.37. The second-order valence-corrected chi connectivity index (χ2v) is 8.60. The van der Waals surface area contributed by atoms with Gasteiger partial charge in [0.2, 0.25) is 5.17 Å². The van der Waals surface area contributed by atoms with Crippen molar-refractivity contribution in [3.8, 4) is 11.5 Å². The Morgan fingerprint density at radius 2 is 1.89 bits per heavy atom. The molecule has 0 radical (unpaired) electrons. The van der Waals surface area contributed by atoms with E-state index in [1.807, 2.05) is 6.07 Å². The highest BCUT2D eigenvalue weighted by molar-refractivity contribution is 8.26. The minimum absolute atomic E-state index is 0.0608. The van der Waals surface area contributed by atoms with Crippen LogP contribution in [0.15, 0.2) is 64.2 Å². The summed E-state index contributed by atoms with van der Waals surface area (Å²) in [7, 11) is 1.46. The molecule has 35 heavy (non-hydrogen) atoms. The zero-order valence-electron chi connectivity index (χ0n) is 18.8. The molecule has 3 aliphatic heterocycles. The van der Waals surface area contributed by atoms with Crippen LogP contribution in [0.4, 0.5) is 0 Å². The van der Waals surface area contributed by atoms with E-state index in [4.69, 9.17) is 19.6 Å². The monoisotopic (exact) mass is 491 g/mol. The van der Waals surface area contributed by atoms with Crippen molar-refractivity contribution in [1.29, 1.82) is 5.41 Å². The number of aliphatic imine (C=N–C) groups is 1. The number of ether oxygens (including phenoxy) is 3. The Hall–Kier alpha value is -3.96. The number of rotatable bonds is 4. The number of thioether (sulfide) groups is 1. The number of fused-ring (bicyclic) bond motifs is 1. The molecule has 2 aromatic carbocycles. The molecule has 1 saturated heterocycles. The largest absolute Gasteiger partial charge is 0.493 e. The van der Waals surface area contributed by atoms with Crippen molar-refractivity contribution in [2.75, 3.05) is 33.4 Å². The van der Waals surface area contributed by atoms with E-state index in [0.717, 1.165) is 0 Å². The highest BCUT2D eigenvalue weighted by atomic mass is 32.2. The molecule has 0 aromatic heterocycles. The number of hydrogen-bond donors (Lipinski definition) is 1. The first-order valence-corrected chi connectivity index (χ1v) is 11.6. The molecule has 10 nitrogen and oxygen atoms in total. The van der Waals surface area contributed by atoms with Crippen molar-refractivity contribution in [2.45, 2.75) is 0 Å². The predicted octanol–water partition coefficient (Wildman–Crippen LogP) is 2.82. The number of hydrazone groups is 1. The summed E-state index contributed by atoms with van der Waals surface area (Å²) in [6, 6.07) is 13.5. The van der Waals surface area contributed by atoms with Crippen molar-refractivity contribution < 1.29 is 23.8 Å². The molecule has 1 N–H and O–H groups in total. The number of carbonyl (C=O) groups is 2. The van der Waals surface area contributed by atoms with Gasteiger partial charge in [0, 0.05) is 13.1 Å². The predicted molar refractivity (Wildman–Crippen MR) is 132 cm³/mol. The number of nitrogens with one attached hydrogen (secondary N) is 1. The number of hydrogen-bond acceptors (Lipinski definition) is 9. The van der Waals surface area contributed by atoms with Gasteiger partial charge in [0.25, 0.3) is 5.91 Å². The van der Waals surface area contributed by atoms with Gasteiger partial charge in [0.1, 0.15) is 0 Å². The summed E-state index contributed by atoms with van der Waals surface area (Å²) < 4.78 is 16.2. The first-order chi connectivity index (χ1) is 17.0. The molecule has 178 valence electrons. The second-order valence-electron chi connectivity index (χ2n) is 7.67. The third-order valence-corrected chi connectivity index (χ3v) is 6.41. The number of benzene rings is 2. The lowest BCUT2D eigenvalue weighted by Crippen LogP contribution is -2.39. The fourth-order valence-corrected chi connectivity index (χ4v) is 4.57. The third-order valence-electron chi connectivity index (χ3n) is 5.44. The van der Waals surface area contributed by atoms with Gasteiger partial charge in [0.05, 0.1) is 31.5 Å². The minimum atomic E-state index is -0.522. The first kappa shape index (κ1) is 22.8. The van der Waals surface area contributed by atoms with E-state index >= 15 is 0 Å². The average Bonchev–Trinajstić information content (AvgIpc) is 3.32. The van der Waals surface area contributed by atoms with Crippen LogP contribution in [0.3, 0.4) is 0 Å². The van der Waals surface area contributed by atoms with Crippen LogP contribution in [0.25, 0.3) is 6.08 Å². The van der Waals surface area contributed by atoms with E-state index < -0.39 is 11.9 Å². The summed E-state index contributed by atoms with van der Waals surface area (Å²) in [6.07, 6.45) is 1.54. The van der Waals surface area contributed by atoms with Gasteiger partial charge >= 0.3 is 5.97 Å². The lowest BCUT2D eigenvalue weighted by molar-refractivity contribution is -0.114. The van der Waals surface area contributed by atoms with E-state index in [-0.39, 0.29) is 17.2 Å². The summed E-state index contributed by atoms with van der Waals surface area (Å²) >= 11 is 1.27. The van der Waals surface area contributed by atoms with Crippen molar-refractivity contribution in [1.82, 2.24) is 9.91 Å². The molecule has 1 fully saturated rings. The normalized spacial score (nSPS) is 18.8. The molecule has 0 atom stereocenters. The first-order valence-electron chi connectivity index (χ1n) is 10.8. The van der Waals surface area contributed by atoms with Gasteiger partial charge in [-0.05, 0) is 47.7 Å². The fraction of sp³-hybridized carbons (Fsp3) is 0.208. The molecule has 1 amide bonds. The molecule has 11 heteroatoms. The Morgan fingerprint density at radius 3 is 2.63 bits per heavy atom. The minimum Gasteiger partial charge on any atom is -0.493 e. The van der Waals surface area contributed by atoms with Crippen LogP contribution >= 0.6 is 11.8 Å². The van der Waals surface area contributed by atoms with Crippen LogP contribution in [0, 0.1) is 5.41 Å². The number of amides is 1. The van der Waals surface area contributed by atoms with E-state index in [2.05, 4.69) is 15.0 Å². The number of esters is 1. The Morgan fingerprint density at radius 1 is 1.11 bits per heavy atom. The molecule has 0 spiro atoms. The standard InChI is InChI=1S/C24H21N5O5S/c1-32-19-14-15(7-8-18(19)34-22(31)16-5-3-2-4-6-16)13-17-20(25)29-23(26-21(17)30)35-24(27-29)28-9-11-33-12-10-28/h2-8,13-14,25H,9-12H2,1H3/b17-13+,25-20?. The maximum atomic E-state index is 12.7. The summed E-state index contributed by atoms with van der Waals surface area (Å²) in [5, 5.41) is 15.5. The second kappa shape index (κ2) is 9.72. The highest BCUT2D eigenvalue weighted by Gasteiger charge is 2.37. The van der Waals surface area contributed by atoms with Crippen LogP contribution in [-0.4, -0.2) is 71.4 Å². The molecule has 0 unspecified atom stereocenters. The van der Waals surface area contributed by atoms with Gasteiger partial charge in [-0.15, -0.1) is 5.10 Å². The van der Waals surface area contributed by atoms with Crippen molar-refractivity contribution in [3.05, 3.63) is 65.2 Å². The fourth-order valence-electron chi connectivity index (χ4n) is 3.62. The van der Waals surface area contributed by atoms with Crippen LogP contribution in [0.5, 0.6) is 11.5 Å². The van der Waals surface area contributed by atoms with Gasteiger partial charge in [-0.2, -0.15) is 10.0 Å². The molecule has 3 aliphatic rings. The molecular formula is C24H21N5O5S. The molecule has 0 saturated carbocycles. The van der Waals surface area contributed by atoms with E-state index in [9.17, 15) is 9.59 Å². The maximum absolute atomic E-state index is 12.7. The topological polar surface area (TPSA) is 117 Å². The zero-order valence-corrected chi connectivity index (χ0v) is 19.6. The lowest BCUT2D eigenvalue weighted by Gasteiger charge is -2.26. The molecule has 5 rings (SSSR count). The van der Waals surface area contributed by atoms with Crippen LogP contribution < -0.4 is 9.47 Å². The molecule has 0 bridgehead atoms. The number of amidine groups is 3. The number of morpholine rings is 1. The number of methoxy groups -OCH3 is 1. The summed E-state index contributed by atoms with van der Waals surface area (Å²) in [5.74, 6) is -0.543. The van der Waals surface area contributed by atoms with Gasteiger partial charge in [-0.25, -0.2) is 4.79 Å². The molecule has 0 aliphatic carbocycles. The zero-order chi connectivity index (χ0) is 24.4. The SMILES string of the molecule is COc1cc(/C=C2\C(=N)N3N=C(N4CCOCC4)SC3=NC2=O)ccc1OC(=O)c1ccccc1.